The zero-order valence-electron chi connectivity index (χ0n) is 9.17. The SMILES string of the molecule is CC(C)(C)[C@@H]1OC(=O)[C@@]2(CC(=O)C2(Cl)Cl)O1. The van der Waals surface area contributed by atoms with E-state index in [-0.39, 0.29) is 11.8 Å². The van der Waals surface area contributed by atoms with Gasteiger partial charge in [0.05, 0.1) is 6.42 Å². The van der Waals surface area contributed by atoms with Crippen LogP contribution in [0.2, 0.25) is 0 Å². The van der Waals surface area contributed by atoms with E-state index in [0.717, 1.165) is 0 Å². The van der Waals surface area contributed by atoms with Gasteiger partial charge in [-0.1, -0.05) is 44.0 Å². The second kappa shape index (κ2) is 3.12. The van der Waals surface area contributed by atoms with Crippen molar-refractivity contribution < 1.29 is 19.1 Å². The van der Waals surface area contributed by atoms with Crippen LogP contribution in [0.1, 0.15) is 27.2 Å². The van der Waals surface area contributed by atoms with Crippen molar-refractivity contribution in [1.82, 2.24) is 0 Å². The van der Waals surface area contributed by atoms with Gasteiger partial charge in [0, 0.05) is 5.41 Å². The number of esters is 1. The van der Waals surface area contributed by atoms with Crippen molar-refractivity contribution in [3.8, 4) is 0 Å². The second-order valence-electron chi connectivity index (χ2n) is 5.22. The molecule has 0 unspecified atom stereocenters. The first-order chi connectivity index (χ1) is 7.11. The lowest BCUT2D eigenvalue weighted by Crippen LogP contribution is -2.67. The first kappa shape index (κ1) is 12.1. The average Bonchev–Trinajstić information content (AvgIpc) is 2.46. The Hall–Kier alpha value is -0.320. The van der Waals surface area contributed by atoms with Crippen LogP contribution >= 0.6 is 23.2 Å². The van der Waals surface area contributed by atoms with E-state index >= 15 is 0 Å². The van der Waals surface area contributed by atoms with Gasteiger partial charge in [0.2, 0.25) is 16.2 Å². The normalized spacial score (nSPS) is 37.4. The van der Waals surface area contributed by atoms with Crippen molar-refractivity contribution in [2.45, 2.75) is 43.4 Å². The van der Waals surface area contributed by atoms with Gasteiger partial charge in [0.1, 0.15) is 0 Å². The fraction of sp³-hybridized carbons (Fsp3) is 0.800. The van der Waals surface area contributed by atoms with E-state index in [4.69, 9.17) is 32.7 Å². The van der Waals surface area contributed by atoms with Gasteiger partial charge >= 0.3 is 5.97 Å². The molecule has 2 fully saturated rings. The third-order valence-electron chi connectivity index (χ3n) is 2.83. The summed E-state index contributed by atoms with van der Waals surface area (Å²) in [6, 6.07) is 0. The van der Waals surface area contributed by atoms with Crippen molar-refractivity contribution in [3.05, 3.63) is 0 Å². The molecule has 4 nitrogen and oxygen atoms in total. The van der Waals surface area contributed by atoms with Crippen LogP contribution in [0.3, 0.4) is 0 Å². The molecule has 0 radical (unpaired) electrons. The third-order valence-corrected chi connectivity index (χ3v) is 3.86. The fourth-order valence-corrected chi connectivity index (χ4v) is 2.19. The van der Waals surface area contributed by atoms with Crippen molar-refractivity contribution in [3.63, 3.8) is 0 Å². The summed E-state index contributed by atoms with van der Waals surface area (Å²) in [6.07, 6.45) is -0.851. The molecule has 0 aromatic heterocycles. The minimum absolute atomic E-state index is 0.120. The lowest BCUT2D eigenvalue weighted by Gasteiger charge is -2.43. The van der Waals surface area contributed by atoms with Gasteiger partial charge in [-0.25, -0.2) is 4.79 Å². The van der Waals surface area contributed by atoms with Gasteiger partial charge in [-0.05, 0) is 0 Å². The first-order valence-electron chi connectivity index (χ1n) is 4.91. The maximum Gasteiger partial charge on any atom is 0.345 e. The molecule has 1 saturated heterocycles. The number of Topliss-reactive ketones (excluding diaryl/α,β-unsaturated/α-hetero) is 1. The number of halogens is 2. The molecule has 1 aliphatic carbocycles. The van der Waals surface area contributed by atoms with Crippen LogP contribution in [0.5, 0.6) is 0 Å². The van der Waals surface area contributed by atoms with E-state index in [9.17, 15) is 9.59 Å². The molecule has 90 valence electrons. The molecule has 1 heterocycles. The molecule has 0 N–H and O–H groups in total. The molecular weight excluding hydrogens is 255 g/mol. The Morgan fingerprint density at radius 2 is 1.88 bits per heavy atom. The summed E-state index contributed by atoms with van der Waals surface area (Å²) in [5.74, 6) is -1.07. The van der Waals surface area contributed by atoms with Gasteiger partial charge in [-0.15, -0.1) is 0 Å². The van der Waals surface area contributed by atoms with Crippen LogP contribution < -0.4 is 0 Å². The van der Waals surface area contributed by atoms with Crippen LogP contribution in [-0.2, 0) is 19.1 Å². The minimum Gasteiger partial charge on any atom is -0.433 e. The van der Waals surface area contributed by atoms with E-state index in [1.54, 1.807) is 0 Å². The molecule has 0 amide bonds. The van der Waals surface area contributed by atoms with Gasteiger partial charge < -0.3 is 9.47 Å². The standard InChI is InChI=1S/C10H12Cl2O4/c1-8(2,3)7-15-6(14)9(16-7)4-5(13)10(9,11)12/h7H,4H2,1-3H3/t7-,9-/m1/s1. The van der Waals surface area contributed by atoms with Crippen LogP contribution in [0, 0.1) is 5.41 Å². The van der Waals surface area contributed by atoms with Crippen molar-refractivity contribution in [1.29, 1.82) is 0 Å². The third kappa shape index (κ3) is 1.33. The fourth-order valence-electron chi connectivity index (χ4n) is 1.68. The molecule has 1 saturated carbocycles. The van der Waals surface area contributed by atoms with E-state index in [2.05, 4.69) is 0 Å². The zero-order chi connectivity index (χ0) is 12.4. The molecule has 2 rings (SSSR count). The maximum absolute atomic E-state index is 11.7. The van der Waals surface area contributed by atoms with Gasteiger partial charge in [0.25, 0.3) is 0 Å². The lowest BCUT2D eigenvalue weighted by molar-refractivity contribution is -0.174. The molecular formula is C10H12Cl2O4. The molecule has 2 atom stereocenters. The molecule has 6 heteroatoms. The summed E-state index contributed by atoms with van der Waals surface area (Å²) < 4.78 is 8.76. The highest BCUT2D eigenvalue weighted by Crippen LogP contribution is 2.55. The number of rotatable bonds is 0. The summed E-state index contributed by atoms with van der Waals surface area (Å²) in [5.41, 5.74) is -1.90. The molecule has 1 aliphatic heterocycles. The summed E-state index contributed by atoms with van der Waals surface area (Å²) in [6.45, 7) is 5.57. The molecule has 2 aliphatic rings. The Bertz CT molecular complexity index is 372. The monoisotopic (exact) mass is 266 g/mol. The summed E-state index contributed by atoms with van der Waals surface area (Å²) in [4.78, 5) is 23.0. The van der Waals surface area contributed by atoms with Crippen LogP contribution in [0.15, 0.2) is 0 Å². The van der Waals surface area contributed by atoms with Crippen molar-refractivity contribution in [2.24, 2.45) is 5.41 Å². The quantitative estimate of drug-likeness (QED) is 0.496. The number of alkyl halides is 2. The Kier molecular flexibility index (Phi) is 2.37. The minimum atomic E-state index is -1.82. The smallest absolute Gasteiger partial charge is 0.345 e. The number of ether oxygens (including phenoxy) is 2. The van der Waals surface area contributed by atoms with E-state index in [1.807, 2.05) is 20.8 Å². The summed E-state index contributed by atoms with van der Waals surface area (Å²) in [5, 5.41) is 0. The Morgan fingerprint density at radius 3 is 2.19 bits per heavy atom. The first-order valence-corrected chi connectivity index (χ1v) is 5.67. The number of hydrogen-bond acceptors (Lipinski definition) is 4. The molecule has 0 aromatic rings. The highest BCUT2D eigenvalue weighted by Gasteiger charge is 2.75. The average molecular weight is 267 g/mol. The number of cyclic esters (lactones) is 1. The van der Waals surface area contributed by atoms with Crippen LogP contribution in [-0.4, -0.2) is 28.0 Å². The molecule has 1 spiro atoms. The molecule has 0 bridgehead atoms. The van der Waals surface area contributed by atoms with Crippen LogP contribution in [0.4, 0.5) is 0 Å². The number of carbonyl (C=O) groups is 2. The maximum atomic E-state index is 11.7. The van der Waals surface area contributed by atoms with Gasteiger partial charge in [-0.3, -0.25) is 4.79 Å². The predicted molar refractivity (Wildman–Crippen MR) is 57.2 cm³/mol. The molecule has 16 heavy (non-hydrogen) atoms. The highest BCUT2D eigenvalue weighted by molar-refractivity contribution is 6.63. The number of hydrogen-bond donors (Lipinski definition) is 0. The van der Waals surface area contributed by atoms with E-state index in [1.165, 1.54) is 0 Å². The topological polar surface area (TPSA) is 52.6 Å². The summed E-state index contributed by atoms with van der Waals surface area (Å²) >= 11 is 11.6. The van der Waals surface area contributed by atoms with Crippen molar-refractivity contribution >= 4 is 35.0 Å². The largest absolute Gasteiger partial charge is 0.433 e. The zero-order valence-corrected chi connectivity index (χ0v) is 10.7. The number of ketones is 1. The second-order valence-corrected chi connectivity index (χ2v) is 6.55. The Morgan fingerprint density at radius 1 is 1.31 bits per heavy atom. The van der Waals surface area contributed by atoms with Gasteiger partial charge in [0.15, 0.2) is 5.78 Å². The van der Waals surface area contributed by atoms with E-state index < -0.39 is 28.0 Å². The number of carbonyl (C=O) groups excluding carboxylic acids is 2. The highest BCUT2D eigenvalue weighted by atomic mass is 35.5. The Balaban J connectivity index is 2.28. The van der Waals surface area contributed by atoms with E-state index in [0.29, 0.717) is 0 Å². The Labute approximate surface area is 103 Å². The predicted octanol–water partition coefficient (Wildman–Crippen LogP) is 1.82. The lowest BCUT2D eigenvalue weighted by atomic mass is 9.77. The van der Waals surface area contributed by atoms with Gasteiger partial charge in [-0.2, -0.15) is 0 Å². The van der Waals surface area contributed by atoms with Crippen LogP contribution in [0.25, 0.3) is 0 Å². The van der Waals surface area contributed by atoms with Crippen molar-refractivity contribution in [2.75, 3.05) is 0 Å². The molecule has 0 aromatic carbocycles. The summed E-state index contributed by atoms with van der Waals surface area (Å²) in [7, 11) is 0.